The minimum Gasteiger partial charge on any atom is -0.495 e. The van der Waals surface area contributed by atoms with Crippen molar-refractivity contribution in [2.24, 2.45) is 0 Å². The molecule has 0 radical (unpaired) electrons. The van der Waals surface area contributed by atoms with Crippen LogP contribution in [0.5, 0.6) is 5.75 Å². The van der Waals surface area contributed by atoms with E-state index >= 15 is 0 Å². The summed E-state index contributed by atoms with van der Waals surface area (Å²) >= 11 is 12.3. The van der Waals surface area contributed by atoms with Crippen molar-refractivity contribution in [1.29, 1.82) is 0 Å². The minimum absolute atomic E-state index is 0.0289. The van der Waals surface area contributed by atoms with Crippen molar-refractivity contribution < 1.29 is 14.3 Å². The second-order valence-electron chi connectivity index (χ2n) is 6.88. The molecule has 3 aromatic rings. The van der Waals surface area contributed by atoms with Gasteiger partial charge in [-0.15, -0.1) is 0 Å². The minimum atomic E-state index is -0.804. The third-order valence-corrected chi connectivity index (χ3v) is 5.43. The van der Waals surface area contributed by atoms with Crippen LogP contribution in [0.1, 0.15) is 18.0 Å². The van der Waals surface area contributed by atoms with Gasteiger partial charge in [0.1, 0.15) is 17.6 Å². The number of carbonyl (C=O) groups excluding carboxylic acids is 2. The number of benzene rings is 2. The van der Waals surface area contributed by atoms with Gasteiger partial charge in [0.25, 0.3) is 0 Å². The van der Waals surface area contributed by atoms with Crippen molar-refractivity contribution in [1.82, 2.24) is 9.78 Å². The van der Waals surface area contributed by atoms with Crippen LogP contribution in [0.15, 0.2) is 42.5 Å². The summed E-state index contributed by atoms with van der Waals surface area (Å²) in [4.78, 5) is 25.3. The van der Waals surface area contributed by atoms with Crippen LogP contribution < -0.4 is 15.4 Å². The molecule has 0 bridgehead atoms. The van der Waals surface area contributed by atoms with Gasteiger partial charge >= 0.3 is 0 Å². The van der Waals surface area contributed by atoms with Gasteiger partial charge in [-0.05, 0) is 37.3 Å². The second-order valence-corrected chi connectivity index (χ2v) is 7.73. The average Bonchev–Trinajstić information content (AvgIpc) is 3.04. The number of methoxy groups -OCH3 is 1. The van der Waals surface area contributed by atoms with Crippen molar-refractivity contribution in [2.45, 2.75) is 19.4 Å². The Kier molecular flexibility index (Phi) is 5.40. The van der Waals surface area contributed by atoms with E-state index < -0.39 is 6.04 Å². The molecule has 0 saturated heterocycles. The first kappa shape index (κ1) is 20.3. The Morgan fingerprint density at radius 1 is 1.27 bits per heavy atom. The fourth-order valence-corrected chi connectivity index (χ4v) is 3.87. The molecule has 7 nitrogen and oxygen atoms in total. The molecule has 9 heteroatoms. The Balaban J connectivity index is 1.68. The number of fused-ring (bicyclic) bond motifs is 1. The summed E-state index contributed by atoms with van der Waals surface area (Å²) < 4.78 is 6.68. The van der Waals surface area contributed by atoms with E-state index in [1.807, 2.05) is 19.1 Å². The van der Waals surface area contributed by atoms with E-state index in [1.165, 1.54) is 7.11 Å². The number of nitrogens with one attached hydrogen (secondary N) is 2. The summed E-state index contributed by atoms with van der Waals surface area (Å²) in [5.74, 6) is 0.375. The first-order valence-corrected chi connectivity index (χ1v) is 9.92. The number of rotatable bonds is 4. The molecule has 154 valence electrons. The molecule has 4 rings (SSSR count). The number of anilines is 2. The summed E-state index contributed by atoms with van der Waals surface area (Å²) in [6, 6.07) is 11.4. The molecule has 2 aromatic carbocycles. The third kappa shape index (κ3) is 3.74. The third-order valence-electron chi connectivity index (χ3n) is 4.90. The second kappa shape index (κ2) is 8.01. The molecular weight excluding hydrogens is 427 g/mol. The molecule has 0 unspecified atom stereocenters. The van der Waals surface area contributed by atoms with E-state index in [0.29, 0.717) is 33.0 Å². The summed E-state index contributed by atoms with van der Waals surface area (Å²) in [7, 11) is 1.51. The van der Waals surface area contributed by atoms with Crippen molar-refractivity contribution in [2.75, 3.05) is 17.7 Å². The fourth-order valence-electron chi connectivity index (χ4n) is 3.42. The maximum absolute atomic E-state index is 13.0. The SMILES string of the molecule is COc1ccc(NC(=O)[C@H]2CC(=O)Nc3c(C)c(-c4cccc(Cl)c4)nn32)cc1Cl. The zero-order chi connectivity index (χ0) is 21.4. The van der Waals surface area contributed by atoms with E-state index in [-0.39, 0.29) is 18.2 Å². The van der Waals surface area contributed by atoms with Gasteiger partial charge in [0.15, 0.2) is 0 Å². The highest BCUT2D eigenvalue weighted by Crippen LogP contribution is 2.35. The van der Waals surface area contributed by atoms with E-state index in [9.17, 15) is 9.59 Å². The lowest BCUT2D eigenvalue weighted by atomic mass is 10.1. The van der Waals surface area contributed by atoms with E-state index in [0.717, 1.165) is 11.1 Å². The number of aromatic nitrogens is 2. The molecule has 0 spiro atoms. The summed E-state index contributed by atoms with van der Waals surface area (Å²) in [5, 5.41) is 11.2. The highest BCUT2D eigenvalue weighted by atomic mass is 35.5. The summed E-state index contributed by atoms with van der Waals surface area (Å²) in [6.07, 6.45) is -0.0289. The van der Waals surface area contributed by atoms with Crippen molar-refractivity contribution in [3.8, 4) is 17.0 Å². The van der Waals surface area contributed by atoms with Crippen LogP contribution in [0.3, 0.4) is 0 Å². The fraction of sp³-hybridized carbons (Fsp3) is 0.190. The van der Waals surface area contributed by atoms with Crippen LogP contribution in [0.2, 0.25) is 10.0 Å². The molecule has 2 amide bonds. The Bertz CT molecular complexity index is 1160. The Labute approximate surface area is 182 Å². The topological polar surface area (TPSA) is 85.2 Å². The van der Waals surface area contributed by atoms with Crippen LogP contribution in [0, 0.1) is 6.92 Å². The predicted octanol–water partition coefficient (Wildman–Crippen LogP) is 4.70. The van der Waals surface area contributed by atoms with Gasteiger partial charge in [0, 0.05) is 21.8 Å². The Morgan fingerprint density at radius 3 is 2.77 bits per heavy atom. The highest BCUT2D eigenvalue weighted by molar-refractivity contribution is 6.32. The van der Waals surface area contributed by atoms with Crippen LogP contribution >= 0.6 is 23.2 Å². The summed E-state index contributed by atoms with van der Waals surface area (Å²) in [6.45, 7) is 1.85. The number of ether oxygens (including phenoxy) is 1. The molecule has 0 fully saturated rings. The average molecular weight is 445 g/mol. The van der Waals surface area contributed by atoms with Crippen molar-refractivity contribution in [3.63, 3.8) is 0 Å². The Morgan fingerprint density at radius 2 is 2.07 bits per heavy atom. The van der Waals surface area contributed by atoms with E-state index in [2.05, 4.69) is 15.7 Å². The molecule has 2 heterocycles. The number of halogens is 2. The molecule has 1 aliphatic rings. The van der Waals surface area contributed by atoms with Gasteiger partial charge in [-0.1, -0.05) is 35.3 Å². The number of nitrogens with zero attached hydrogens (tertiary/aromatic N) is 2. The van der Waals surface area contributed by atoms with Gasteiger partial charge in [0.2, 0.25) is 11.8 Å². The first-order chi connectivity index (χ1) is 14.4. The zero-order valence-electron chi connectivity index (χ0n) is 16.2. The first-order valence-electron chi connectivity index (χ1n) is 9.16. The number of carbonyl (C=O) groups is 2. The molecular formula is C21H18Cl2N4O3. The van der Waals surface area contributed by atoms with E-state index in [1.54, 1.807) is 35.0 Å². The van der Waals surface area contributed by atoms with Crippen LogP contribution in [-0.2, 0) is 9.59 Å². The number of hydrogen-bond donors (Lipinski definition) is 2. The van der Waals surface area contributed by atoms with Crippen LogP contribution in [0.4, 0.5) is 11.5 Å². The van der Waals surface area contributed by atoms with Gasteiger partial charge in [-0.25, -0.2) is 4.68 Å². The molecule has 0 aliphatic carbocycles. The maximum atomic E-state index is 13.0. The number of amides is 2. The normalized spacial score (nSPS) is 15.3. The number of hydrogen-bond acceptors (Lipinski definition) is 4. The smallest absolute Gasteiger partial charge is 0.249 e. The Hall–Kier alpha value is -3.03. The highest BCUT2D eigenvalue weighted by Gasteiger charge is 2.34. The zero-order valence-corrected chi connectivity index (χ0v) is 17.7. The standard InChI is InChI=1S/C21H18Cl2N4O3/c1-11-19(12-4-3-5-13(22)8-12)26-27-16(10-18(28)25-20(11)27)21(29)24-14-6-7-17(30-2)15(23)9-14/h3-9,16H,10H2,1-2H3,(H,24,29)(H,25,28)/t16-/m1/s1. The van der Waals surface area contributed by atoms with Gasteiger partial charge in [-0.2, -0.15) is 5.10 Å². The maximum Gasteiger partial charge on any atom is 0.249 e. The lowest BCUT2D eigenvalue weighted by Crippen LogP contribution is -2.35. The largest absolute Gasteiger partial charge is 0.495 e. The quantitative estimate of drug-likeness (QED) is 0.610. The monoisotopic (exact) mass is 444 g/mol. The van der Waals surface area contributed by atoms with Crippen molar-refractivity contribution in [3.05, 3.63) is 58.1 Å². The lowest BCUT2D eigenvalue weighted by Gasteiger charge is -2.24. The predicted molar refractivity (Wildman–Crippen MR) is 116 cm³/mol. The van der Waals surface area contributed by atoms with Gasteiger partial charge in [-0.3, -0.25) is 9.59 Å². The molecule has 2 N–H and O–H groups in total. The molecule has 1 aromatic heterocycles. The van der Waals surface area contributed by atoms with E-state index in [4.69, 9.17) is 27.9 Å². The van der Waals surface area contributed by atoms with Crippen LogP contribution in [0.25, 0.3) is 11.3 Å². The van der Waals surface area contributed by atoms with Crippen molar-refractivity contribution >= 4 is 46.5 Å². The van der Waals surface area contributed by atoms with Gasteiger partial charge < -0.3 is 15.4 Å². The van der Waals surface area contributed by atoms with Gasteiger partial charge in [0.05, 0.1) is 24.2 Å². The molecule has 1 atom stereocenters. The molecule has 0 saturated carbocycles. The molecule has 1 aliphatic heterocycles. The van der Waals surface area contributed by atoms with Crippen LogP contribution in [-0.4, -0.2) is 28.7 Å². The lowest BCUT2D eigenvalue weighted by molar-refractivity contribution is -0.125. The molecule has 30 heavy (non-hydrogen) atoms. The summed E-state index contributed by atoms with van der Waals surface area (Å²) in [5.41, 5.74) is 2.71.